The Morgan fingerprint density at radius 2 is 2.17 bits per heavy atom. The Morgan fingerprint density at radius 1 is 1.35 bits per heavy atom. The molecule has 2 aromatic rings. The Balaban J connectivity index is 0.00000192. The van der Waals surface area contributed by atoms with Crippen molar-refractivity contribution in [3.8, 4) is 0 Å². The maximum atomic E-state index is 4.29. The lowest BCUT2D eigenvalue weighted by Gasteiger charge is -2.20. The standard InChI is InChI=1S/C16H22N6.HI/c1-17-16(18-11-13-7-9-19-21-13)20-14-8-10-22(12-14)15-5-3-2-4-6-15;/h2-7,9,14H,8,10-12H2,1H3,(H,19,21)(H2,17,18,20);1H. The molecule has 1 aromatic heterocycles. The van der Waals surface area contributed by atoms with Crippen LogP contribution >= 0.6 is 24.0 Å². The minimum Gasteiger partial charge on any atom is -0.369 e. The molecule has 1 fully saturated rings. The largest absolute Gasteiger partial charge is 0.369 e. The number of hydrogen-bond acceptors (Lipinski definition) is 3. The second-order valence-electron chi connectivity index (χ2n) is 5.42. The number of H-pyrrole nitrogens is 1. The van der Waals surface area contributed by atoms with Gasteiger partial charge in [-0.05, 0) is 24.6 Å². The zero-order valence-corrected chi connectivity index (χ0v) is 15.5. The van der Waals surface area contributed by atoms with Gasteiger partial charge in [-0.25, -0.2) is 0 Å². The third-order valence-corrected chi connectivity index (χ3v) is 3.88. The normalized spacial score (nSPS) is 17.7. The third-order valence-electron chi connectivity index (χ3n) is 3.88. The molecule has 0 aliphatic carbocycles. The number of guanidine groups is 1. The number of aromatic amines is 1. The van der Waals surface area contributed by atoms with Gasteiger partial charge in [0.05, 0.1) is 12.2 Å². The number of aromatic nitrogens is 2. The highest BCUT2D eigenvalue weighted by Crippen LogP contribution is 2.19. The number of para-hydroxylation sites is 1. The first kappa shape index (κ1) is 17.6. The molecule has 0 spiro atoms. The van der Waals surface area contributed by atoms with Gasteiger partial charge in [0.1, 0.15) is 0 Å². The second-order valence-corrected chi connectivity index (χ2v) is 5.42. The van der Waals surface area contributed by atoms with Gasteiger partial charge < -0.3 is 15.5 Å². The lowest BCUT2D eigenvalue weighted by atomic mass is 10.3. The van der Waals surface area contributed by atoms with Crippen LogP contribution in [0.4, 0.5) is 5.69 Å². The van der Waals surface area contributed by atoms with Crippen molar-refractivity contribution in [1.29, 1.82) is 0 Å². The molecule has 1 aliphatic rings. The lowest BCUT2D eigenvalue weighted by molar-refractivity contribution is 0.647. The van der Waals surface area contributed by atoms with Crippen LogP contribution in [0, 0.1) is 0 Å². The van der Waals surface area contributed by atoms with Crippen LogP contribution in [0.2, 0.25) is 0 Å². The third kappa shape index (κ3) is 4.85. The summed E-state index contributed by atoms with van der Waals surface area (Å²) in [6.45, 7) is 2.75. The molecule has 0 amide bonds. The maximum Gasteiger partial charge on any atom is 0.191 e. The molecule has 0 radical (unpaired) electrons. The fraction of sp³-hybridized carbons (Fsp3) is 0.375. The SMILES string of the molecule is CN=C(NCc1ccn[nH]1)NC1CCN(c2ccccc2)C1.I. The molecule has 1 saturated heterocycles. The molecule has 1 atom stereocenters. The van der Waals surface area contributed by atoms with Crippen LogP contribution in [0.15, 0.2) is 47.6 Å². The molecule has 0 saturated carbocycles. The van der Waals surface area contributed by atoms with E-state index in [0.29, 0.717) is 12.6 Å². The van der Waals surface area contributed by atoms with E-state index in [2.05, 4.69) is 61.1 Å². The molecule has 3 N–H and O–H groups in total. The zero-order valence-electron chi connectivity index (χ0n) is 13.2. The summed E-state index contributed by atoms with van der Waals surface area (Å²) in [6, 6.07) is 12.9. The van der Waals surface area contributed by atoms with Crippen molar-refractivity contribution in [2.24, 2.45) is 4.99 Å². The highest BCUT2D eigenvalue weighted by molar-refractivity contribution is 14.0. The molecule has 7 heteroatoms. The maximum absolute atomic E-state index is 4.29. The van der Waals surface area contributed by atoms with E-state index in [4.69, 9.17) is 0 Å². The van der Waals surface area contributed by atoms with Crippen LogP contribution in [0.3, 0.4) is 0 Å². The number of nitrogens with zero attached hydrogens (tertiary/aromatic N) is 3. The number of aliphatic imine (C=N–C) groups is 1. The molecule has 0 bridgehead atoms. The van der Waals surface area contributed by atoms with E-state index in [-0.39, 0.29) is 24.0 Å². The first-order valence-corrected chi connectivity index (χ1v) is 7.60. The minimum absolute atomic E-state index is 0. The van der Waals surface area contributed by atoms with Gasteiger partial charge in [0.2, 0.25) is 0 Å². The topological polar surface area (TPSA) is 68.3 Å². The van der Waals surface area contributed by atoms with Crippen molar-refractivity contribution < 1.29 is 0 Å². The van der Waals surface area contributed by atoms with Crippen molar-refractivity contribution >= 4 is 35.6 Å². The van der Waals surface area contributed by atoms with Crippen LogP contribution < -0.4 is 15.5 Å². The van der Waals surface area contributed by atoms with Gasteiger partial charge >= 0.3 is 0 Å². The number of hydrogen-bond donors (Lipinski definition) is 3. The molecule has 23 heavy (non-hydrogen) atoms. The minimum atomic E-state index is 0. The van der Waals surface area contributed by atoms with Crippen molar-refractivity contribution in [1.82, 2.24) is 20.8 Å². The molecule has 1 aliphatic heterocycles. The summed E-state index contributed by atoms with van der Waals surface area (Å²) in [7, 11) is 1.80. The second kappa shape index (κ2) is 8.76. The monoisotopic (exact) mass is 426 g/mol. The Kier molecular flexibility index (Phi) is 6.69. The zero-order chi connectivity index (χ0) is 15.2. The van der Waals surface area contributed by atoms with Crippen LogP contribution in [-0.2, 0) is 6.54 Å². The van der Waals surface area contributed by atoms with Gasteiger partial charge in [0, 0.05) is 38.1 Å². The van der Waals surface area contributed by atoms with E-state index in [9.17, 15) is 0 Å². The van der Waals surface area contributed by atoms with E-state index < -0.39 is 0 Å². The van der Waals surface area contributed by atoms with Crippen LogP contribution in [-0.4, -0.2) is 42.3 Å². The summed E-state index contributed by atoms with van der Waals surface area (Å²) in [5.41, 5.74) is 2.33. The van der Waals surface area contributed by atoms with Gasteiger partial charge in [0.25, 0.3) is 0 Å². The summed E-state index contributed by atoms with van der Waals surface area (Å²) in [6.07, 6.45) is 2.86. The fourth-order valence-corrected chi connectivity index (χ4v) is 2.70. The summed E-state index contributed by atoms with van der Waals surface area (Å²) < 4.78 is 0. The summed E-state index contributed by atoms with van der Waals surface area (Å²) >= 11 is 0. The summed E-state index contributed by atoms with van der Waals surface area (Å²) in [4.78, 5) is 6.69. The van der Waals surface area contributed by atoms with Crippen LogP contribution in [0.1, 0.15) is 12.1 Å². The number of halogens is 1. The van der Waals surface area contributed by atoms with Crippen molar-refractivity contribution in [2.45, 2.75) is 19.0 Å². The van der Waals surface area contributed by atoms with Gasteiger partial charge in [-0.3, -0.25) is 10.1 Å². The molecule has 6 nitrogen and oxygen atoms in total. The van der Waals surface area contributed by atoms with Crippen molar-refractivity contribution in [3.63, 3.8) is 0 Å². The van der Waals surface area contributed by atoms with E-state index in [1.54, 1.807) is 13.2 Å². The van der Waals surface area contributed by atoms with Crippen LogP contribution in [0.5, 0.6) is 0 Å². The van der Waals surface area contributed by atoms with Crippen LogP contribution in [0.25, 0.3) is 0 Å². The first-order valence-electron chi connectivity index (χ1n) is 7.60. The highest BCUT2D eigenvalue weighted by atomic mass is 127. The van der Waals surface area contributed by atoms with E-state index in [1.165, 1.54) is 5.69 Å². The predicted molar refractivity (Wildman–Crippen MR) is 104 cm³/mol. The van der Waals surface area contributed by atoms with E-state index >= 15 is 0 Å². The first-order chi connectivity index (χ1) is 10.8. The van der Waals surface area contributed by atoms with Gasteiger partial charge in [-0.2, -0.15) is 5.10 Å². The van der Waals surface area contributed by atoms with Gasteiger partial charge in [-0.1, -0.05) is 18.2 Å². The summed E-state index contributed by atoms with van der Waals surface area (Å²) in [5.74, 6) is 0.828. The number of benzene rings is 1. The molecule has 1 aromatic carbocycles. The van der Waals surface area contributed by atoms with Gasteiger partial charge in [-0.15, -0.1) is 24.0 Å². The Bertz CT molecular complexity index is 598. The van der Waals surface area contributed by atoms with Gasteiger partial charge in [0.15, 0.2) is 5.96 Å². The van der Waals surface area contributed by atoms with E-state index in [0.717, 1.165) is 31.2 Å². The lowest BCUT2D eigenvalue weighted by Crippen LogP contribution is -2.44. The number of anilines is 1. The molecule has 124 valence electrons. The molecule has 1 unspecified atom stereocenters. The number of nitrogens with one attached hydrogen (secondary N) is 3. The number of rotatable bonds is 4. The predicted octanol–water partition coefficient (Wildman–Crippen LogP) is 1.97. The Morgan fingerprint density at radius 3 is 2.87 bits per heavy atom. The molecular formula is C16H23IN6. The van der Waals surface area contributed by atoms with Crippen molar-refractivity contribution in [2.75, 3.05) is 25.0 Å². The smallest absolute Gasteiger partial charge is 0.191 e. The summed E-state index contributed by atoms with van der Waals surface area (Å²) in [5, 5.41) is 13.7. The Labute approximate surface area is 153 Å². The average molecular weight is 426 g/mol. The average Bonchev–Trinajstić information content (AvgIpc) is 3.24. The quantitative estimate of drug-likeness (QED) is 0.398. The highest BCUT2D eigenvalue weighted by Gasteiger charge is 2.23. The molecule has 2 heterocycles. The van der Waals surface area contributed by atoms with Crippen molar-refractivity contribution in [3.05, 3.63) is 48.3 Å². The fourth-order valence-electron chi connectivity index (χ4n) is 2.70. The Hall–Kier alpha value is -1.77. The van der Waals surface area contributed by atoms with E-state index in [1.807, 2.05) is 6.07 Å². The molecule has 3 rings (SSSR count). The molecular weight excluding hydrogens is 403 g/mol.